The van der Waals surface area contributed by atoms with Crippen molar-refractivity contribution < 1.29 is 14.7 Å². The van der Waals surface area contributed by atoms with Crippen LogP contribution in [-0.2, 0) is 10.5 Å². The second-order valence-corrected chi connectivity index (χ2v) is 4.93. The van der Waals surface area contributed by atoms with Crippen LogP contribution in [0.2, 0.25) is 0 Å². The Bertz CT molecular complexity index is 448. The van der Waals surface area contributed by atoms with E-state index in [1.807, 2.05) is 24.5 Å². The fourth-order valence-electron chi connectivity index (χ4n) is 1.51. The molecule has 1 aromatic carbocycles. The molecule has 0 heterocycles. The summed E-state index contributed by atoms with van der Waals surface area (Å²) in [7, 11) is 1.50. The standard InChI is InChI=1S/C13H17NO3S/c1-9(13(16)17)14(2)12(15)11-6-4-5-10(7-11)8-18-3/h4-7,9H,8H2,1-3H3,(H,16,17). The summed E-state index contributed by atoms with van der Waals surface area (Å²) in [5, 5.41) is 8.89. The molecule has 4 nitrogen and oxygen atoms in total. The first-order valence-corrected chi connectivity index (χ1v) is 6.94. The first-order valence-electron chi connectivity index (χ1n) is 5.55. The van der Waals surface area contributed by atoms with Gasteiger partial charge in [-0.2, -0.15) is 11.8 Å². The lowest BCUT2D eigenvalue weighted by Gasteiger charge is -2.21. The van der Waals surface area contributed by atoms with Gasteiger partial charge in [0.2, 0.25) is 0 Å². The maximum absolute atomic E-state index is 12.1. The van der Waals surface area contributed by atoms with Crippen molar-refractivity contribution in [2.75, 3.05) is 13.3 Å². The molecule has 1 rings (SSSR count). The molecule has 1 aromatic rings. The van der Waals surface area contributed by atoms with Gasteiger partial charge in [0.05, 0.1) is 0 Å². The molecule has 1 amide bonds. The smallest absolute Gasteiger partial charge is 0.326 e. The minimum atomic E-state index is -1.01. The van der Waals surface area contributed by atoms with Crippen LogP contribution in [0, 0.1) is 0 Å². The summed E-state index contributed by atoms with van der Waals surface area (Å²) >= 11 is 1.68. The van der Waals surface area contributed by atoms with Crippen LogP contribution in [0.4, 0.5) is 0 Å². The fraction of sp³-hybridized carbons (Fsp3) is 0.385. The monoisotopic (exact) mass is 267 g/mol. The first kappa shape index (κ1) is 14.6. The van der Waals surface area contributed by atoms with Gasteiger partial charge < -0.3 is 10.0 Å². The predicted octanol–water partition coefficient (Wildman–Crippen LogP) is 2.09. The minimum absolute atomic E-state index is 0.271. The number of hydrogen-bond donors (Lipinski definition) is 1. The Kier molecular flexibility index (Phi) is 5.22. The zero-order valence-corrected chi connectivity index (χ0v) is 11.5. The largest absolute Gasteiger partial charge is 0.480 e. The second kappa shape index (κ2) is 6.44. The topological polar surface area (TPSA) is 57.6 Å². The molecule has 0 fully saturated rings. The van der Waals surface area contributed by atoms with Crippen molar-refractivity contribution in [3.63, 3.8) is 0 Å². The predicted molar refractivity (Wildman–Crippen MR) is 72.9 cm³/mol. The molecule has 18 heavy (non-hydrogen) atoms. The number of thioether (sulfide) groups is 1. The van der Waals surface area contributed by atoms with Crippen LogP contribution in [0.5, 0.6) is 0 Å². The molecule has 1 unspecified atom stereocenters. The summed E-state index contributed by atoms with van der Waals surface area (Å²) in [6, 6.07) is 6.45. The molecule has 0 bridgehead atoms. The van der Waals surface area contributed by atoms with Gasteiger partial charge in [-0.1, -0.05) is 12.1 Å². The fourth-order valence-corrected chi connectivity index (χ4v) is 2.02. The summed E-state index contributed by atoms with van der Waals surface area (Å²) in [5.74, 6) is -0.446. The van der Waals surface area contributed by atoms with Crippen LogP contribution in [0.25, 0.3) is 0 Å². The Morgan fingerprint density at radius 1 is 1.44 bits per heavy atom. The minimum Gasteiger partial charge on any atom is -0.480 e. The number of nitrogens with zero attached hydrogens (tertiary/aromatic N) is 1. The number of likely N-dealkylation sites (N-methyl/N-ethyl adjacent to an activating group) is 1. The van der Waals surface area contributed by atoms with Crippen molar-refractivity contribution in [3.8, 4) is 0 Å². The molecule has 0 radical (unpaired) electrons. The highest BCUT2D eigenvalue weighted by Crippen LogP contribution is 2.13. The van der Waals surface area contributed by atoms with Gasteiger partial charge >= 0.3 is 5.97 Å². The van der Waals surface area contributed by atoms with Crippen LogP contribution < -0.4 is 0 Å². The van der Waals surface area contributed by atoms with E-state index in [4.69, 9.17) is 5.11 Å². The third kappa shape index (κ3) is 3.50. The molecule has 0 saturated heterocycles. The number of carbonyl (C=O) groups is 2. The summed E-state index contributed by atoms with van der Waals surface area (Å²) < 4.78 is 0. The van der Waals surface area contributed by atoms with Crippen LogP contribution in [-0.4, -0.2) is 41.2 Å². The van der Waals surface area contributed by atoms with Gasteiger partial charge in [0, 0.05) is 18.4 Å². The molecule has 0 saturated carbocycles. The van der Waals surface area contributed by atoms with Crippen LogP contribution in [0.1, 0.15) is 22.8 Å². The van der Waals surface area contributed by atoms with E-state index in [1.54, 1.807) is 17.8 Å². The zero-order valence-electron chi connectivity index (χ0n) is 10.7. The van der Waals surface area contributed by atoms with Crippen molar-refractivity contribution in [1.82, 2.24) is 4.90 Å². The summed E-state index contributed by atoms with van der Waals surface area (Å²) in [4.78, 5) is 24.2. The van der Waals surface area contributed by atoms with Crippen molar-refractivity contribution in [3.05, 3.63) is 35.4 Å². The molecule has 98 valence electrons. The van der Waals surface area contributed by atoms with E-state index >= 15 is 0 Å². The number of benzene rings is 1. The molecule has 5 heteroatoms. The average Bonchev–Trinajstić information content (AvgIpc) is 2.36. The number of aliphatic carboxylic acids is 1. The number of carbonyl (C=O) groups excluding carboxylic acids is 1. The number of amides is 1. The zero-order chi connectivity index (χ0) is 13.7. The van der Waals surface area contributed by atoms with Gasteiger partial charge in [0.1, 0.15) is 6.04 Å². The second-order valence-electron chi connectivity index (χ2n) is 4.06. The van der Waals surface area contributed by atoms with Gasteiger partial charge in [-0.25, -0.2) is 4.79 Å². The number of carboxylic acid groups (broad SMARTS) is 1. The molecule has 0 aliphatic carbocycles. The molecule has 0 aliphatic heterocycles. The van der Waals surface area contributed by atoms with E-state index in [0.29, 0.717) is 5.56 Å². The lowest BCUT2D eigenvalue weighted by atomic mass is 10.1. The molecule has 1 N–H and O–H groups in total. The third-order valence-electron chi connectivity index (χ3n) is 2.74. The van der Waals surface area contributed by atoms with Crippen LogP contribution in [0.15, 0.2) is 24.3 Å². The van der Waals surface area contributed by atoms with Crippen molar-refractivity contribution in [1.29, 1.82) is 0 Å². The number of carboxylic acids is 1. The van der Waals surface area contributed by atoms with Gasteiger partial charge in [-0.3, -0.25) is 4.79 Å². The highest BCUT2D eigenvalue weighted by molar-refractivity contribution is 7.97. The van der Waals surface area contributed by atoms with E-state index in [-0.39, 0.29) is 5.91 Å². The summed E-state index contributed by atoms with van der Waals surface area (Å²) in [6.45, 7) is 1.49. The van der Waals surface area contributed by atoms with E-state index < -0.39 is 12.0 Å². The Hall–Kier alpha value is -1.49. The Labute approximate surface area is 111 Å². The van der Waals surface area contributed by atoms with Crippen molar-refractivity contribution in [2.45, 2.75) is 18.7 Å². The van der Waals surface area contributed by atoms with Crippen molar-refractivity contribution in [2.24, 2.45) is 0 Å². The number of hydrogen-bond acceptors (Lipinski definition) is 3. The summed E-state index contributed by atoms with van der Waals surface area (Å²) in [5.41, 5.74) is 1.59. The van der Waals surface area contributed by atoms with Gasteiger partial charge in [-0.15, -0.1) is 0 Å². The molecule has 1 atom stereocenters. The highest BCUT2D eigenvalue weighted by Gasteiger charge is 2.22. The molecular formula is C13H17NO3S. The van der Waals surface area contributed by atoms with Crippen LogP contribution in [0.3, 0.4) is 0 Å². The van der Waals surface area contributed by atoms with Gasteiger partial charge in [0.25, 0.3) is 5.91 Å². The van der Waals surface area contributed by atoms with E-state index in [1.165, 1.54) is 18.9 Å². The Balaban J connectivity index is 2.89. The normalized spacial score (nSPS) is 11.9. The van der Waals surface area contributed by atoms with E-state index in [9.17, 15) is 9.59 Å². The summed E-state index contributed by atoms with van der Waals surface area (Å²) in [6.07, 6.45) is 1.99. The maximum atomic E-state index is 12.1. The van der Waals surface area contributed by atoms with Gasteiger partial charge in [-0.05, 0) is 30.9 Å². The van der Waals surface area contributed by atoms with Crippen LogP contribution >= 0.6 is 11.8 Å². The van der Waals surface area contributed by atoms with Crippen molar-refractivity contribution >= 4 is 23.6 Å². The quantitative estimate of drug-likeness (QED) is 0.887. The highest BCUT2D eigenvalue weighted by atomic mass is 32.2. The Morgan fingerprint density at radius 2 is 2.11 bits per heavy atom. The third-order valence-corrected chi connectivity index (χ3v) is 3.37. The van der Waals surface area contributed by atoms with Gasteiger partial charge in [0.15, 0.2) is 0 Å². The van der Waals surface area contributed by atoms with E-state index in [0.717, 1.165) is 11.3 Å². The molecule has 0 spiro atoms. The lowest BCUT2D eigenvalue weighted by molar-refractivity contribution is -0.141. The van der Waals surface area contributed by atoms with E-state index in [2.05, 4.69) is 0 Å². The maximum Gasteiger partial charge on any atom is 0.326 e. The molecule has 0 aliphatic rings. The average molecular weight is 267 g/mol. The molecular weight excluding hydrogens is 250 g/mol. The SMILES string of the molecule is CSCc1cccc(C(=O)N(C)C(C)C(=O)O)c1. The number of rotatable bonds is 5. The first-order chi connectivity index (χ1) is 8.47. The molecule has 0 aromatic heterocycles. The Morgan fingerprint density at radius 3 is 2.67 bits per heavy atom. The lowest BCUT2D eigenvalue weighted by Crippen LogP contribution is -2.40.